The summed E-state index contributed by atoms with van der Waals surface area (Å²) < 4.78 is 26.5. The summed E-state index contributed by atoms with van der Waals surface area (Å²) in [6, 6.07) is 0.175. The minimum Gasteiger partial charge on any atom is -0.317 e. The van der Waals surface area contributed by atoms with Gasteiger partial charge in [0, 0.05) is 6.04 Å². The molecule has 0 unspecified atom stereocenters. The van der Waals surface area contributed by atoms with Gasteiger partial charge in [0.2, 0.25) is 10.0 Å². The van der Waals surface area contributed by atoms with Crippen LogP contribution in [0.15, 0.2) is 0 Å². The van der Waals surface area contributed by atoms with E-state index in [-0.39, 0.29) is 11.8 Å². The summed E-state index contributed by atoms with van der Waals surface area (Å²) in [5.74, 6) is 2.42. The Morgan fingerprint density at radius 3 is 2.56 bits per heavy atom. The van der Waals surface area contributed by atoms with Crippen LogP contribution >= 0.6 is 11.8 Å². The smallest absolute Gasteiger partial charge is 0.211 e. The van der Waals surface area contributed by atoms with Crippen LogP contribution in [0.2, 0.25) is 0 Å². The molecule has 1 saturated heterocycles. The van der Waals surface area contributed by atoms with E-state index in [4.69, 9.17) is 0 Å². The zero-order valence-corrected chi connectivity index (χ0v) is 12.9. The van der Waals surface area contributed by atoms with Crippen LogP contribution < -0.4 is 10.0 Å². The predicted octanol–water partition coefficient (Wildman–Crippen LogP) is 1.58. The van der Waals surface area contributed by atoms with Crippen molar-refractivity contribution in [1.29, 1.82) is 0 Å². The normalized spacial score (nSPS) is 18.1. The topological polar surface area (TPSA) is 58.2 Å². The summed E-state index contributed by atoms with van der Waals surface area (Å²) >= 11 is 1.91. The monoisotopic (exact) mass is 294 g/mol. The first-order valence-corrected chi connectivity index (χ1v) is 9.73. The number of rotatable bonds is 9. The van der Waals surface area contributed by atoms with Gasteiger partial charge in [-0.25, -0.2) is 13.1 Å². The van der Waals surface area contributed by atoms with E-state index in [1.807, 2.05) is 11.8 Å². The molecular formula is C12H26N2O2S2. The maximum absolute atomic E-state index is 11.8. The first-order valence-electron chi connectivity index (χ1n) is 6.92. The molecular weight excluding hydrogens is 268 g/mol. The molecule has 1 aliphatic heterocycles. The Balaban J connectivity index is 2.11. The molecule has 1 heterocycles. The van der Waals surface area contributed by atoms with Crippen LogP contribution in [0, 0.1) is 0 Å². The van der Waals surface area contributed by atoms with Crippen LogP contribution in [0.3, 0.4) is 0 Å². The number of sulfonamides is 1. The highest BCUT2D eigenvalue weighted by molar-refractivity contribution is 7.99. The zero-order valence-electron chi connectivity index (χ0n) is 11.3. The summed E-state index contributed by atoms with van der Waals surface area (Å²) in [5, 5.41) is 3.28. The van der Waals surface area contributed by atoms with Gasteiger partial charge in [-0.15, -0.1) is 0 Å². The van der Waals surface area contributed by atoms with E-state index in [0.717, 1.165) is 56.7 Å². The molecule has 0 amide bonds. The predicted molar refractivity (Wildman–Crippen MR) is 79.7 cm³/mol. The van der Waals surface area contributed by atoms with Gasteiger partial charge in [-0.3, -0.25) is 0 Å². The summed E-state index contributed by atoms with van der Waals surface area (Å²) in [4.78, 5) is 0. The van der Waals surface area contributed by atoms with Gasteiger partial charge in [-0.2, -0.15) is 11.8 Å². The van der Waals surface area contributed by atoms with Crippen LogP contribution in [0.25, 0.3) is 0 Å². The minimum atomic E-state index is -3.06. The number of thioether (sulfide) groups is 1. The number of nitrogens with one attached hydrogen (secondary N) is 2. The summed E-state index contributed by atoms with van der Waals surface area (Å²) in [6.45, 7) is 4.07. The summed E-state index contributed by atoms with van der Waals surface area (Å²) in [5.41, 5.74) is 0. The molecule has 0 radical (unpaired) electrons. The highest BCUT2D eigenvalue weighted by atomic mass is 32.2. The molecule has 1 aliphatic rings. The third kappa shape index (κ3) is 7.61. The van der Waals surface area contributed by atoms with Crippen LogP contribution in [-0.2, 0) is 10.0 Å². The van der Waals surface area contributed by atoms with Gasteiger partial charge in [-0.1, -0.05) is 6.92 Å². The lowest BCUT2D eigenvalue weighted by Gasteiger charge is -2.22. The fraction of sp³-hybridized carbons (Fsp3) is 1.00. The molecule has 18 heavy (non-hydrogen) atoms. The van der Waals surface area contributed by atoms with Crippen molar-refractivity contribution < 1.29 is 8.42 Å². The first-order chi connectivity index (χ1) is 8.64. The highest BCUT2D eigenvalue weighted by Crippen LogP contribution is 2.17. The van der Waals surface area contributed by atoms with Crippen molar-refractivity contribution in [3.8, 4) is 0 Å². The number of hydrogen-bond donors (Lipinski definition) is 2. The zero-order chi connectivity index (χ0) is 13.3. The molecule has 0 aliphatic carbocycles. The molecule has 0 bridgehead atoms. The average molecular weight is 294 g/mol. The largest absolute Gasteiger partial charge is 0.317 e. The Bertz CT molecular complexity index is 301. The van der Waals surface area contributed by atoms with Gasteiger partial charge in [0.15, 0.2) is 0 Å². The van der Waals surface area contributed by atoms with Crippen molar-refractivity contribution in [3.63, 3.8) is 0 Å². The highest BCUT2D eigenvalue weighted by Gasteiger charge is 2.19. The Kier molecular flexibility index (Phi) is 8.30. The van der Waals surface area contributed by atoms with Crippen molar-refractivity contribution in [3.05, 3.63) is 0 Å². The third-order valence-corrected chi connectivity index (χ3v) is 5.58. The van der Waals surface area contributed by atoms with Crippen LogP contribution in [0.1, 0.15) is 39.0 Å². The van der Waals surface area contributed by atoms with Gasteiger partial charge in [-0.05, 0) is 56.7 Å². The van der Waals surface area contributed by atoms with E-state index in [1.165, 1.54) is 0 Å². The summed E-state index contributed by atoms with van der Waals surface area (Å²) in [7, 11) is -3.06. The molecule has 0 spiro atoms. The van der Waals surface area contributed by atoms with E-state index < -0.39 is 10.0 Å². The van der Waals surface area contributed by atoms with Crippen LogP contribution in [0.5, 0.6) is 0 Å². The summed E-state index contributed by atoms with van der Waals surface area (Å²) in [6.07, 6.45) is 4.75. The van der Waals surface area contributed by atoms with E-state index in [0.29, 0.717) is 0 Å². The molecule has 0 aromatic carbocycles. The maximum Gasteiger partial charge on any atom is 0.211 e. The Labute approximate surface area is 116 Å². The Morgan fingerprint density at radius 1 is 1.17 bits per heavy atom. The maximum atomic E-state index is 11.8. The van der Waals surface area contributed by atoms with Gasteiger partial charge in [0.25, 0.3) is 0 Å². The molecule has 0 aromatic heterocycles. The van der Waals surface area contributed by atoms with E-state index >= 15 is 0 Å². The average Bonchev–Trinajstić information content (AvgIpc) is 2.34. The molecule has 1 rings (SSSR count). The number of unbranched alkanes of at least 4 members (excludes halogenated alkanes) is 1. The molecule has 0 saturated carbocycles. The third-order valence-electron chi connectivity index (χ3n) is 3.01. The van der Waals surface area contributed by atoms with E-state index in [9.17, 15) is 8.42 Å². The second kappa shape index (κ2) is 9.18. The van der Waals surface area contributed by atoms with Crippen molar-refractivity contribution >= 4 is 21.8 Å². The Hall–Kier alpha value is 0.220. The lowest BCUT2D eigenvalue weighted by atomic mass is 10.2. The molecule has 4 nitrogen and oxygen atoms in total. The van der Waals surface area contributed by atoms with Crippen molar-refractivity contribution in [1.82, 2.24) is 10.0 Å². The van der Waals surface area contributed by atoms with Crippen molar-refractivity contribution in [2.45, 2.75) is 45.1 Å². The van der Waals surface area contributed by atoms with Gasteiger partial charge in [0.05, 0.1) is 5.75 Å². The van der Waals surface area contributed by atoms with Crippen molar-refractivity contribution in [2.75, 3.05) is 30.3 Å². The fourth-order valence-electron chi connectivity index (χ4n) is 1.97. The van der Waals surface area contributed by atoms with Crippen LogP contribution in [-0.4, -0.2) is 44.8 Å². The lowest BCUT2D eigenvalue weighted by molar-refractivity contribution is 0.525. The quantitative estimate of drug-likeness (QED) is 0.634. The standard InChI is InChI=1S/C12H26N2O2S2/c1-2-7-13-8-3-4-11-18(15,16)14-12-5-9-17-10-6-12/h12-14H,2-11H2,1H3. The Morgan fingerprint density at radius 2 is 1.89 bits per heavy atom. The second-order valence-corrected chi connectivity index (χ2v) is 7.88. The number of hydrogen-bond acceptors (Lipinski definition) is 4. The SMILES string of the molecule is CCCNCCCCS(=O)(=O)NC1CCSCC1. The fourth-order valence-corrected chi connectivity index (χ4v) is 4.52. The van der Waals surface area contributed by atoms with E-state index in [2.05, 4.69) is 17.0 Å². The molecule has 6 heteroatoms. The van der Waals surface area contributed by atoms with Gasteiger partial charge in [0.1, 0.15) is 0 Å². The molecule has 108 valence electrons. The molecule has 1 fully saturated rings. The lowest BCUT2D eigenvalue weighted by Crippen LogP contribution is -2.38. The first kappa shape index (κ1) is 16.3. The molecule has 0 aromatic rings. The van der Waals surface area contributed by atoms with Gasteiger partial charge >= 0.3 is 0 Å². The molecule has 2 N–H and O–H groups in total. The van der Waals surface area contributed by atoms with Crippen molar-refractivity contribution in [2.24, 2.45) is 0 Å². The second-order valence-electron chi connectivity index (χ2n) is 4.78. The van der Waals surface area contributed by atoms with Gasteiger partial charge < -0.3 is 5.32 Å². The van der Waals surface area contributed by atoms with Crippen LogP contribution in [0.4, 0.5) is 0 Å². The molecule has 0 atom stereocenters. The minimum absolute atomic E-state index is 0.175. The van der Waals surface area contributed by atoms with E-state index in [1.54, 1.807) is 0 Å².